The third-order valence-corrected chi connectivity index (χ3v) is 2.68. The first-order chi connectivity index (χ1) is 7.63. The highest BCUT2D eigenvalue weighted by Crippen LogP contribution is 2.11. The van der Waals surface area contributed by atoms with Crippen molar-refractivity contribution < 1.29 is 19.4 Å². The topological polar surface area (TPSA) is 59.0 Å². The van der Waals surface area contributed by atoms with Crippen molar-refractivity contribution in [2.24, 2.45) is 5.92 Å². The smallest absolute Gasteiger partial charge is 0.141 e. The van der Waals surface area contributed by atoms with Crippen molar-refractivity contribution in [2.45, 2.75) is 12.5 Å². The van der Waals surface area contributed by atoms with Gasteiger partial charge in [0.15, 0.2) is 0 Å². The summed E-state index contributed by atoms with van der Waals surface area (Å²) < 4.78 is 10.1. The lowest BCUT2D eigenvalue weighted by Gasteiger charge is -2.27. The molecule has 0 aromatic carbocycles. The lowest BCUT2D eigenvalue weighted by Crippen LogP contribution is -2.40. The minimum atomic E-state index is -0.505. The minimum absolute atomic E-state index is 0.0477. The number of methoxy groups -OCH3 is 1. The van der Waals surface area contributed by atoms with E-state index in [1.165, 1.54) is 0 Å². The second-order valence-corrected chi connectivity index (χ2v) is 4.32. The van der Waals surface area contributed by atoms with Gasteiger partial charge in [-0.2, -0.15) is 0 Å². The van der Waals surface area contributed by atoms with Crippen LogP contribution >= 0.6 is 0 Å². The van der Waals surface area contributed by atoms with E-state index in [9.17, 15) is 9.90 Å². The number of carbonyl (C=O) groups excluding carboxylic acids is 1. The van der Waals surface area contributed by atoms with Crippen molar-refractivity contribution >= 4 is 5.78 Å². The van der Waals surface area contributed by atoms with Crippen LogP contribution in [0.1, 0.15) is 6.42 Å². The molecule has 1 fully saturated rings. The number of likely N-dealkylation sites (N-methyl/N-ethyl adjacent to an activating group) is 1. The molecule has 0 amide bonds. The first kappa shape index (κ1) is 13.6. The zero-order chi connectivity index (χ0) is 12.0. The standard InChI is InChI=1S/C11H21NO4/c1-12(6-10(13)8-15-2)5-9-7-16-4-3-11(9)14/h9-10,13H,3-8H2,1-2H3. The molecule has 0 aromatic heterocycles. The van der Waals surface area contributed by atoms with Gasteiger partial charge in [0.25, 0.3) is 0 Å². The largest absolute Gasteiger partial charge is 0.389 e. The maximum atomic E-state index is 11.5. The predicted octanol–water partition coefficient (Wildman–Crippen LogP) is -0.469. The fourth-order valence-corrected chi connectivity index (χ4v) is 1.91. The van der Waals surface area contributed by atoms with Crippen LogP contribution in [0, 0.1) is 5.92 Å². The van der Waals surface area contributed by atoms with Gasteiger partial charge in [-0.15, -0.1) is 0 Å². The monoisotopic (exact) mass is 231 g/mol. The van der Waals surface area contributed by atoms with Gasteiger partial charge in [0.05, 0.1) is 31.8 Å². The van der Waals surface area contributed by atoms with Gasteiger partial charge in [0.1, 0.15) is 5.78 Å². The third-order valence-electron chi connectivity index (χ3n) is 2.68. The molecule has 0 bridgehead atoms. The number of hydrogen-bond donors (Lipinski definition) is 1. The number of carbonyl (C=O) groups is 1. The van der Waals surface area contributed by atoms with Crippen LogP contribution in [0.5, 0.6) is 0 Å². The maximum absolute atomic E-state index is 11.5. The third kappa shape index (κ3) is 4.57. The molecule has 1 saturated heterocycles. The van der Waals surface area contributed by atoms with E-state index < -0.39 is 6.10 Å². The molecule has 2 atom stereocenters. The first-order valence-corrected chi connectivity index (χ1v) is 5.59. The zero-order valence-corrected chi connectivity index (χ0v) is 10.0. The van der Waals surface area contributed by atoms with E-state index in [-0.39, 0.29) is 11.7 Å². The van der Waals surface area contributed by atoms with Crippen LogP contribution in [0.4, 0.5) is 0 Å². The molecule has 0 spiro atoms. The summed E-state index contributed by atoms with van der Waals surface area (Å²) in [5.41, 5.74) is 0. The molecule has 0 aliphatic carbocycles. The Morgan fingerprint density at radius 2 is 2.44 bits per heavy atom. The number of rotatable bonds is 6. The van der Waals surface area contributed by atoms with Gasteiger partial charge in [0.2, 0.25) is 0 Å². The fraction of sp³-hybridized carbons (Fsp3) is 0.909. The summed E-state index contributed by atoms with van der Waals surface area (Å²) in [4.78, 5) is 13.5. The van der Waals surface area contributed by atoms with Gasteiger partial charge < -0.3 is 19.5 Å². The Bertz CT molecular complexity index is 222. The average molecular weight is 231 g/mol. The number of ketones is 1. The number of ether oxygens (including phenoxy) is 2. The van der Waals surface area contributed by atoms with E-state index in [4.69, 9.17) is 9.47 Å². The van der Waals surface area contributed by atoms with Crippen LogP contribution < -0.4 is 0 Å². The van der Waals surface area contributed by atoms with Crippen molar-refractivity contribution in [3.05, 3.63) is 0 Å². The Morgan fingerprint density at radius 1 is 1.69 bits per heavy atom. The molecular weight excluding hydrogens is 210 g/mol. The molecule has 2 unspecified atom stereocenters. The molecule has 1 rings (SSSR count). The van der Waals surface area contributed by atoms with Crippen LogP contribution in [0.25, 0.3) is 0 Å². The highest BCUT2D eigenvalue weighted by Gasteiger charge is 2.24. The van der Waals surface area contributed by atoms with Crippen LogP contribution in [0.3, 0.4) is 0 Å². The molecule has 1 heterocycles. The van der Waals surface area contributed by atoms with Gasteiger partial charge >= 0.3 is 0 Å². The Morgan fingerprint density at radius 3 is 3.06 bits per heavy atom. The van der Waals surface area contributed by atoms with Crippen LogP contribution in [0.15, 0.2) is 0 Å². The molecule has 0 saturated carbocycles. The van der Waals surface area contributed by atoms with E-state index in [0.29, 0.717) is 39.3 Å². The van der Waals surface area contributed by atoms with Gasteiger partial charge in [-0.25, -0.2) is 0 Å². The van der Waals surface area contributed by atoms with Crippen molar-refractivity contribution in [3.63, 3.8) is 0 Å². The highest BCUT2D eigenvalue weighted by atomic mass is 16.5. The fourth-order valence-electron chi connectivity index (χ4n) is 1.91. The molecule has 94 valence electrons. The Hall–Kier alpha value is -0.490. The summed E-state index contributed by atoms with van der Waals surface area (Å²) >= 11 is 0. The Kier molecular flexibility index (Phi) is 5.90. The van der Waals surface area contributed by atoms with Crippen molar-refractivity contribution in [1.29, 1.82) is 0 Å². The summed E-state index contributed by atoms with van der Waals surface area (Å²) in [5.74, 6) is 0.216. The molecule has 5 heteroatoms. The summed E-state index contributed by atoms with van der Waals surface area (Å²) in [6.07, 6.45) is 0.00804. The lowest BCUT2D eigenvalue weighted by molar-refractivity contribution is -0.131. The van der Waals surface area contributed by atoms with Gasteiger partial charge in [0, 0.05) is 26.6 Å². The maximum Gasteiger partial charge on any atom is 0.141 e. The molecule has 5 nitrogen and oxygen atoms in total. The normalized spacial score (nSPS) is 23.8. The van der Waals surface area contributed by atoms with Crippen molar-refractivity contribution in [3.8, 4) is 0 Å². The highest BCUT2D eigenvalue weighted by molar-refractivity contribution is 5.82. The predicted molar refractivity (Wildman–Crippen MR) is 59.3 cm³/mol. The number of nitrogens with zero attached hydrogens (tertiary/aromatic N) is 1. The Labute approximate surface area is 96.3 Å². The van der Waals surface area contributed by atoms with Crippen LogP contribution in [-0.4, -0.2) is 69.0 Å². The lowest BCUT2D eigenvalue weighted by atomic mass is 10.00. The SMILES string of the molecule is COCC(O)CN(C)CC1COCCC1=O. The summed E-state index contributed by atoms with van der Waals surface area (Å²) in [6.45, 7) is 2.52. The van der Waals surface area contributed by atoms with Crippen LogP contribution in [-0.2, 0) is 14.3 Å². The molecule has 1 aliphatic heterocycles. The molecular formula is C11H21NO4. The van der Waals surface area contributed by atoms with E-state index in [1.54, 1.807) is 7.11 Å². The van der Waals surface area contributed by atoms with Gasteiger partial charge in [-0.1, -0.05) is 0 Å². The van der Waals surface area contributed by atoms with E-state index in [2.05, 4.69) is 0 Å². The second kappa shape index (κ2) is 6.96. The van der Waals surface area contributed by atoms with E-state index in [1.807, 2.05) is 11.9 Å². The molecule has 0 radical (unpaired) electrons. The van der Waals surface area contributed by atoms with Crippen molar-refractivity contribution in [1.82, 2.24) is 4.90 Å². The Balaban J connectivity index is 2.26. The van der Waals surface area contributed by atoms with Gasteiger partial charge in [-0.05, 0) is 7.05 Å². The van der Waals surface area contributed by atoms with Gasteiger partial charge in [-0.3, -0.25) is 4.79 Å². The van der Waals surface area contributed by atoms with E-state index in [0.717, 1.165) is 0 Å². The van der Waals surface area contributed by atoms with Crippen LogP contribution in [0.2, 0.25) is 0 Å². The second-order valence-electron chi connectivity index (χ2n) is 4.32. The average Bonchev–Trinajstić information content (AvgIpc) is 2.21. The number of hydrogen-bond acceptors (Lipinski definition) is 5. The van der Waals surface area contributed by atoms with E-state index >= 15 is 0 Å². The first-order valence-electron chi connectivity index (χ1n) is 5.59. The number of aliphatic hydroxyl groups excluding tert-OH is 1. The number of aliphatic hydroxyl groups is 1. The molecule has 1 N–H and O–H groups in total. The zero-order valence-electron chi connectivity index (χ0n) is 10.0. The summed E-state index contributed by atoms with van der Waals surface area (Å²) in [5, 5.41) is 9.53. The molecule has 1 aliphatic rings. The summed E-state index contributed by atoms with van der Waals surface area (Å²) in [7, 11) is 3.45. The minimum Gasteiger partial charge on any atom is -0.389 e. The quantitative estimate of drug-likeness (QED) is 0.670. The van der Waals surface area contributed by atoms with Crippen molar-refractivity contribution in [2.75, 3.05) is 47.1 Å². The number of Topliss-reactive ketones (excluding diaryl/α,β-unsaturated/α-hetero) is 1. The molecule has 0 aromatic rings. The summed E-state index contributed by atoms with van der Waals surface area (Å²) in [6, 6.07) is 0. The molecule has 16 heavy (non-hydrogen) atoms.